The summed E-state index contributed by atoms with van der Waals surface area (Å²) in [5, 5.41) is 9.38. The first-order valence-corrected chi connectivity index (χ1v) is 16.8. The van der Waals surface area contributed by atoms with Gasteiger partial charge in [0, 0.05) is 59.3 Å². The number of carbonyl (C=O) groups excluding carboxylic acids is 4. The smallest absolute Gasteiger partial charge is 0.266 e. The number of rotatable bonds is 4. The second kappa shape index (κ2) is 10.3. The number of anilines is 4. The Morgan fingerprint density at radius 2 is 0.860 bits per heavy atom. The molecule has 4 amide bonds. The van der Waals surface area contributed by atoms with Crippen molar-refractivity contribution < 1.29 is 19.2 Å². The van der Waals surface area contributed by atoms with E-state index in [0.717, 1.165) is 38.0 Å². The van der Waals surface area contributed by atoms with E-state index in [1.165, 1.54) is 9.80 Å². The molecule has 10 rings (SSSR count). The third-order valence-electron chi connectivity index (χ3n) is 9.87. The minimum atomic E-state index is -0.416. The van der Waals surface area contributed by atoms with Crippen molar-refractivity contribution in [2.45, 2.75) is 0 Å². The number of fused-ring (bicyclic) bond motifs is 2. The Balaban J connectivity index is 1.34. The van der Waals surface area contributed by atoms with Gasteiger partial charge in [0.1, 0.15) is 0 Å². The van der Waals surface area contributed by atoms with Gasteiger partial charge in [0.05, 0.1) is 22.5 Å². The van der Waals surface area contributed by atoms with Crippen LogP contribution < -0.4 is 15.1 Å². The molecule has 1 N–H and O–H groups in total. The minimum Gasteiger partial charge on any atom is -0.355 e. The van der Waals surface area contributed by atoms with Gasteiger partial charge in [-0.3, -0.25) is 19.2 Å². The molecule has 0 fully saturated rings. The van der Waals surface area contributed by atoms with E-state index < -0.39 is 23.6 Å². The average molecular weight is 713 g/mol. The van der Waals surface area contributed by atoms with Gasteiger partial charge in [0.2, 0.25) is 0 Å². The molecule has 8 aromatic carbocycles. The summed E-state index contributed by atoms with van der Waals surface area (Å²) >= 11 is 3.81. The molecule has 0 atom stereocenters. The molecule has 0 aliphatic carbocycles. The summed E-state index contributed by atoms with van der Waals surface area (Å²) in [5.41, 5.74) is 4.11. The SMILES string of the molecule is O=C1c2ccc3c4c(Nc5ccccc5)cc5c6c(ccc(c7c(Br)cc(c2c37)C(=O)N1c1ccccc1)c64)C(=O)N(c1ccccc1)C5=O. The molecule has 0 unspecified atom stereocenters. The molecule has 236 valence electrons. The fraction of sp³-hybridized carbons (Fsp3) is 0. The maximum atomic E-state index is 14.4. The van der Waals surface area contributed by atoms with Gasteiger partial charge in [-0.2, -0.15) is 0 Å². The number of nitrogens with one attached hydrogen (secondary N) is 1. The van der Waals surface area contributed by atoms with Gasteiger partial charge in [-0.05, 0) is 71.4 Å². The predicted octanol–water partition coefficient (Wildman–Crippen LogP) is 9.84. The molecular formula is C42H22BrN3O4. The number of nitrogens with zero attached hydrogens (tertiary/aromatic N) is 2. The number of imide groups is 2. The molecule has 0 radical (unpaired) electrons. The predicted molar refractivity (Wildman–Crippen MR) is 200 cm³/mol. The number of hydrogen-bond donors (Lipinski definition) is 1. The van der Waals surface area contributed by atoms with Gasteiger partial charge in [0.15, 0.2) is 0 Å². The van der Waals surface area contributed by atoms with Crippen molar-refractivity contribution in [1.29, 1.82) is 0 Å². The van der Waals surface area contributed by atoms with Crippen molar-refractivity contribution in [2.75, 3.05) is 15.1 Å². The average Bonchev–Trinajstić information content (AvgIpc) is 3.14. The van der Waals surface area contributed by atoms with Crippen molar-refractivity contribution in [3.8, 4) is 0 Å². The van der Waals surface area contributed by atoms with Crippen LogP contribution in [-0.4, -0.2) is 23.6 Å². The molecule has 7 nitrogen and oxygen atoms in total. The Morgan fingerprint density at radius 3 is 1.40 bits per heavy atom. The molecule has 8 aromatic rings. The molecule has 2 aliphatic heterocycles. The lowest BCUT2D eigenvalue weighted by molar-refractivity contribution is 0.0877. The molecule has 0 spiro atoms. The van der Waals surface area contributed by atoms with E-state index in [1.54, 1.807) is 66.7 Å². The molecule has 50 heavy (non-hydrogen) atoms. The fourth-order valence-electron chi connectivity index (χ4n) is 7.82. The van der Waals surface area contributed by atoms with Gasteiger partial charge >= 0.3 is 0 Å². The Hall–Kier alpha value is -6.38. The van der Waals surface area contributed by atoms with E-state index in [9.17, 15) is 19.2 Å². The number of halogens is 1. The van der Waals surface area contributed by atoms with Gasteiger partial charge in [0.25, 0.3) is 23.6 Å². The standard InChI is InChI=1S/C42H22BrN3O4/c43-31-20-29-33-27(39(47)45(41(29)49)23-12-6-2-7-13-23)19-17-26-36-32(44-22-10-4-1-5-11-22)21-30-34-28(18-16-25(38(34)36)35(31)37(26)33)40(48)46(42(30)50)24-14-8-3-9-15-24/h1-21,44H. The Bertz CT molecular complexity index is 2820. The van der Waals surface area contributed by atoms with Crippen molar-refractivity contribution in [3.05, 3.63) is 154 Å². The maximum Gasteiger partial charge on any atom is 0.266 e. The van der Waals surface area contributed by atoms with Crippen LogP contribution in [0.5, 0.6) is 0 Å². The summed E-state index contributed by atoms with van der Waals surface area (Å²) in [7, 11) is 0. The Labute approximate surface area is 292 Å². The van der Waals surface area contributed by atoms with Gasteiger partial charge in [-0.15, -0.1) is 0 Å². The monoisotopic (exact) mass is 711 g/mol. The minimum absolute atomic E-state index is 0.399. The van der Waals surface area contributed by atoms with Crippen LogP contribution in [0.2, 0.25) is 0 Å². The maximum absolute atomic E-state index is 14.4. The number of hydrogen-bond acceptors (Lipinski definition) is 5. The van der Waals surface area contributed by atoms with Gasteiger partial charge in [-0.25, -0.2) is 9.80 Å². The van der Waals surface area contributed by atoms with Crippen molar-refractivity contribution in [3.63, 3.8) is 0 Å². The highest BCUT2D eigenvalue weighted by atomic mass is 79.9. The highest BCUT2D eigenvalue weighted by molar-refractivity contribution is 9.10. The van der Waals surface area contributed by atoms with E-state index in [2.05, 4.69) is 21.2 Å². The highest BCUT2D eigenvalue weighted by Crippen LogP contribution is 2.51. The lowest BCUT2D eigenvalue weighted by Gasteiger charge is -2.31. The zero-order valence-corrected chi connectivity index (χ0v) is 27.6. The largest absolute Gasteiger partial charge is 0.355 e. The van der Waals surface area contributed by atoms with E-state index in [0.29, 0.717) is 54.6 Å². The summed E-state index contributed by atoms with van der Waals surface area (Å²) in [4.78, 5) is 59.4. The van der Waals surface area contributed by atoms with Crippen molar-refractivity contribution in [2.24, 2.45) is 0 Å². The summed E-state index contributed by atoms with van der Waals surface area (Å²) in [6.07, 6.45) is 0. The number of amides is 4. The van der Waals surface area contributed by atoms with Crippen LogP contribution in [0, 0.1) is 0 Å². The van der Waals surface area contributed by atoms with Crippen LogP contribution >= 0.6 is 15.9 Å². The first-order valence-electron chi connectivity index (χ1n) is 16.1. The molecular weight excluding hydrogens is 690 g/mol. The Kier molecular flexibility index (Phi) is 5.90. The third kappa shape index (κ3) is 3.73. The first-order chi connectivity index (χ1) is 24.4. The second-order valence-electron chi connectivity index (χ2n) is 12.5. The summed E-state index contributed by atoms with van der Waals surface area (Å²) in [6.45, 7) is 0. The molecule has 2 heterocycles. The lowest BCUT2D eigenvalue weighted by Crippen LogP contribution is -2.40. The van der Waals surface area contributed by atoms with Crippen LogP contribution in [0.3, 0.4) is 0 Å². The topological polar surface area (TPSA) is 86.8 Å². The van der Waals surface area contributed by atoms with Crippen LogP contribution in [0.25, 0.3) is 43.1 Å². The highest BCUT2D eigenvalue weighted by Gasteiger charge is 2.39. The molecule has 0 saturated heterocycles. The van der Waals surface area contributed by atoms with Crippen molar-refractivity contribution >= 4 is 105 Å². The van der Waals surface area contributed by atoms with E-state index in [-0.39, 0.29) is 0 Å². The molecule has 0 saturated carbocycles. The van der Waals surface area contributed by atoms with Crippen LogP contribution in [0.1, 0.15) is 41.4 Å². The molecule has 8 heteroatoms. The zero-order valence-electron chi connectivity index (χ0n) is 26.0. The van der Waals surface area contributed by atoms with E-state index >= 15 is 0 Å². The summed E-state index contributed by atoms with van der Waals surface area (Å²) < 4.78 is 0.664. The molecule has 0 bridgehead atoms. The van der Waals surface area contributed by atoms with Crippen LogP contribution in [0.15, 0.2) is 132 Å². The number of benzene rings is 8. The van der Waals surface area contributed by atoms with Crippen molar-refractivity contribution in [1.82, 2.24) is 0 Å². The number of para-hydroxylation sites is 3. The zero-order chi connectivity index (χ0) is 33.8. The quantitative estimate of drug-likeness (QED) is 0.112. The Morgan fingerprint density at radius 1 is 0.420 bits per heavy atom. The van der Waals surface area contributed by atoms with E-state index in [1.807, 2.05) is 60.7 Å². The lowest BCUT2D eigenvalue weighted by atomic mass is 9.81. The first kappa shape index (κ1) is 28.6. The van der Waals surface area contributed by atoms with Gasteiger partial charge < -0.3 is 5.32 Å². The van der Waals surface area contributed by atoms with Crippen LogP contribution in [0.4, 0.5) is 22.7 Å². The molecule has 2 aliphatic rings. The normalized spacial score (nSPS) is 14.2. The molecule has 0 aromatic heterocycles. The third-order valence-corrected chi connectivity index (χ3v) is 10.5. The van der Waals surface area contributed by atoms with Gasteiger partial charge in [-0.1, -0.05) is 82.7 Å². The second-order valence-corrected chi connectivity index (χ2v) is 13.4. The summed E-state index contributed by atoms with van der Waals surface area (Å²) in [5.74, 6) is -1.62. The van der Waals surface area contributed by atoms with Crippen LogP contribution in [-0.2, 0) is 0 Å². The van der Waals surface area contributed by atoms with E-state index in [4.69, 9.17) is 0 Å². The number of carbonyl (C=O) groups is 4. The summed E-state index contributed by atoms with van der Waals surface area (Å²) in [6, 6.07) is 38.5. The fourth-order valence-corrected chi connectivity index (χ4v) is 8.46.